The SMILES string of the molecule is CC1OCCC1C(=O)N1CCCNC(=O)C1. The molecule has 2 heterocycles. The highest BCUT2D eigenvalue weighted by molar-refractivity contribution is 5.86. The van der Waals surface area contributed by atoms with Crippen LogP contribution in [-0.4, -0.2) is 49.1 Å². The maximum atomic E-state index is 12.2. The predicted octanol–water partition coefficient (Wildman–Crippen LogP) is -0.240. The van der Waals surface area contributed by atoms with Crippen LogP contribution in [0.3, 0.4) is 0 Å². The Hall–Kier alpha value is -1.10. The molecule has 2 rings (SSSR count). The molecular formula is C11H18N2O3. The van der Waals surface area contributed by atoms with Gasteiger partial charge in [0.15, 0.2) is 0 Å². The molecule has 90 valence electrons. The smallest absolute Gasteiger partial charge is 0.239 e. The lowest BCUT2D eigenvalue weighted by molar-refractivity contribution is -0.139. The molecule has 0 aliphatic carbocycles. The standard InChI is InChI=1S/C11H18N2O3/c1-8-9(3-6-16-8)11(15)13-5-2-4-12-10(14)7-13/h8-9H,2-7H2,1H3,(H,12,14). The second-order valence-electron chi connectivity index (χ2n) is 4.43. The topological polar surface area (TPSA) is 58.6 Å². The van der Waals surface area contributed by atoms with Crippen LogP contribution in [-0.2, 0) is 14.3 Å². The third kappa shape index (κ3) is 2.35. The third-order valence-corrected chi connectivity index (χ3v) is 3.27. The van der Waals surface area contributed by atoms with Crippen molar-refractivity contribution in [1.29, 1.82) is 0 Å². The summed E-state index contributed by atoms with van der Waals surface area (Å²) in [4.78, 5) is 25.2. The molecule has 2 atom stereocenters. The van der Waals surface area contributed by atoms with Crippen molar-refractivity contribution < 1.29 is 14.3 Å². The lowest BCUT2D eigenvalue weighted by Gasteiger charge is -2.24. The van der Waals surface area contributed by atoms with Gasteiger partial charge in [-0.3, -0.25) is 9.59 Å². The predicted molar refractivity (Wildman–Crippen MR) is 57.7 cm³/mol. The second kappa shape index (κ2) is 4.82. The van der Waals surface area contributed by atoms with E-state index in [4.69, 9.17) is 4.74 Å². The molecule has 0 radical (unpaired) electrons. The molecule has 16 heavy (non-hydrogen) atoms. The quantitative estimate of drug-likeness (QED) is 0.671. The van der Waals surface area contributed by atoms with Gasteiger partial charge in [0.2, 0.25) is 11.8 Å². The van der Waals surface area contributed by atoms with E-state index in [1.54, 1.807) is 4.90 Å². The molecule has 0 spiro atoms. The maximum absolute atomic E-state index is 12.2. The lowest BCUT2D eigenvalue weighted by Crippen LogP contribution is -2.42. The molecule has 0 aromatic heterocycles. The minimum atomic E-state index is -0.0640. The van der Waals surface area contributed by atoms with Crippen molar-refractivity contribution in [2.24, 2.45) is 5.92 Å². The molecule has 2 fully saturated rings. The molecule has 0 aromatic rings. The monoisotopic (exact) mass is 226 g/mol. The van der Waals surface area contributed by atoms with E-state index in [9.17, 15) is 9.59 Å². The summed E-state index contributed by atoms with van der Waals surface area (Å²) in [5, 5.41) is 2.77. The highest BCUT2D eigenvalue weighted by atomic mass is 16.5. The summed E-state index contributed by atoms with van der Waals surface area (Å²) in [5.41, 5.74) is 0. The Bertz CT molecular complexity index is 293. The van der Waals surface area contributed by atoms with Crippen molar-refractivity contribution in [2.45, 2.75) is 25.9 Å². The fraction of sp³-hybridized carbons (Fsp3) is 0.818. The van der Waals surface area contributed by atoms with Crippen LogP contribution in [0.25, 0.3) is 0 Å². The third-order valence-electron chi connectivity index (χ3n) is 3.27. The number of nitrogens with one attached hydrogen (secondary N) is 1. The Morgan fingerprint density at radius 2 is 2.38 bits per heavy atom. The van der Waals surface area contributed by atoms with Crippen LogP contribution in [0.2, 0.25) is 0 Å². The summed E-state index contributed by atoms with van der Waals surface area (Å²) in [6, 6.07) is 0. The molecule has 0 aromatic carbocycles. The molecule has 2 aliphatic heterocycles. The minimum Gasteiger partial charge on any atom is -0.378 e. The van der Waals surface area contributed by atoms with Crippen molar-refractivity contribution in [3.63, 3.8) is 0 Å². The van der Waals surface area contributed by atoms with E-state index in [0.29, 0.717) is 19.7 Å². The molecule has 0 bridgehead atoms. The van der Waals surface area contributed by atoms with Gasteiger partial charge in [0.25, 0.3) is 0 Å². The zero-order valence-electron chi connectivity index (χ0n) is 9.57. The van der Waals surface area contributed by atoms with Crippen LogP contribution in [0.15, 0.2) is 0 Å². The zero-order chi connectivity index (χ0) is 11.5. The fourth-order valence-corrected chi connectivity index (χ4v) is 2.28. The molecule has 2 saturated heterocycles. The van der Waals surface area contributed by atoms with Gasteiger partial charge in [0.1, 0.15) is 0 Å². The minimum absolute atomic E-state index is 0.0150. The average Bonchev–Trinajstić information content (AvgIpc) is 2.55. The maximum Gasteiger partial charge on any atom is 0.239 e. The van der Waals surface area contributed by atoms with Crippen LogP contribution in [0.1, 0.15) is 19.8 Å². The molecule has 2 amide bonds. The van der Waals surface area contributed by atoms with Gasteiger partial charge < -0.3 is 15.0 Å². The first kappa shape index (κ1) is 11.4. The normalized spacial score (nSPS) is 31.1. The van der Waals surface area contributed by atoms with Gasteiger partial charge in [-0.15, -0.1) is 0 Å². The Morgan fingerprint density at radius 1 is 1.56 bits per heavy atom. The molecule has 2 aliphatic rings. The van der Waals surface area contributed by atoms with E-state index in [-0.39, 0.29) is 30.4 Å². The van der Waals surface area contributed by atoms with Crippen molar-refractivity contribution in [1.82, 2.24) is 10.2 Å². The number of carbonyl (C=O) groups is 2. The molecule has 5 nitrogen and oxygen atoms in total. The molecular weight excluding hydrogens is 208 g/mol. The Kier molecular flexibility index (Phi) is 3.43. The molecule has 0 saturated carbocycles. The van der Waals surface area contributed by atoms with Crippen LogP contribution >= 0.6 is 0 Å². The Morgan fingerprint density at radius 3 is 3.06 bits per heavy atom. The number of hydrogen-bond donors (Lipinski definition) is 1. The van der Waals surface area contributed by atoms with Crippen LogP contribution in [0.5, 0.6) is 0 Å². The van der Waals surface area contributed by atoms with E-state index in [2.05, 4.69) is 5.32 Å². The summed E-state index contributed by atoms with van der Waals surface area (Å²) in [6.45, 7) is 4.10. The van der Waals surface area contributed by atoms with Crippen LogP contribution in [0.4, 0.5) is 0 Å². The number of rotatable bonds is 1. The number of carbonyl (C=O) groups excluding carboxylic acids is 2. The Balaban J connectivity index is 1.99. The highest BCUT2D eigenvalue weighted by Gasteiger charge is 2.34. The lowest BCUT2D eigenvalue weighted by atomic mass is 10.0. The molecule has 5 heteroatoms. The van der Waals surface area contributed by atoms with E-state index in [0.717, 1.165) is 12.8 Å². The van der Waals surface area contributed by atoms with E-state index < -0.39 is 0 Å². The fourth-order valence-electron chi connectivity index (χ4n) is 2.28. The summed E-state index contributed by atoms with van der Waals surface area (Å²) in [6.07, 6.45) is 1.59. The van der Waals surface area contributed by atoms with Gasteiger partial charge in [-0.2, -0.15) is 0 Å². The average molecular weight is 226 g/mol. The highest BCUT2D eigenvalue weighted by Crippen LogP contribution is 2.22. The largest absolute Gasteiger partial charge is 0.378 e. The number of ether oxygens (including phenoxy) is 1. The summed E-state index contributed by atoms with van der Waals surface area (Å²) in [5.74, 6) is -0.0506. The number of amides is 2. The second-order valence-corrected chi connectivity index (χ2v) is 4.43. The zero-order valence-corrected chi connectivity index (χ0v) is 9.57. The Labute approximate surface area is 95.1 Å². The van der Waals surface area contributed by atoms with Crippen molar-refractivity contribution in [3.8, 4) is 0 Å². The van der Waals surface area contributed by atoms with Gasteiger partial charge in [-0.1, -0.05) is 0 Å². The van der Waals surface area contributed by atoms with Crippen molar-refractivity contribution in [3.05, 3.63) is 0 Å². The summed E-state index contributed by atoms with van der Waals surface area (Å²) in [7, 11) is 0. The van der Waals surface area contributed by atoms with E-state index >= 15 is 0 Å². The summed E-state index contributed by atoms with van der Waals surface area (Å²) >= 11 is 0. The van der Waals surface area contributed by atoms with E-state index in [1.165, 1.54) is 0 Å². The van der Waals surface area contributed by atoms with Gasteiger partial charge in [-0.05, 0) is 19.8 Å². The summed E-state index contributed by atoms with van der Waals surface area (Å²) < 4.78 is 5.39. The van der Waals surface area contributed by atoms with Crippen molar-refractivity contribution >= 4 is 11.8 Å². The van der Waals surface area contributed by atoms with E-state index in [1.807, 2.05) is 6.92 Å². The van der Waals surface area contributed by atoms with Crippen LogP contribution < -0.4 is 5.32 Å². The van der Waals surface area contributed by atoms with Gasteiger partial charge in [0.05, 0.1) is 18.6 Å². The first-order chi connectivity index (χ1) is 7.68. The molecule has 1 N–H and O–H groups in total. The number of nitrogens with zero attached hydrogens (tertiary/aromatic N) is 1. The van der Waals surface area contributed by atoms with Gasteiger partial charge >= 0.3 is 0 Å². The van der Waals surface area contributed by atoms with Crippen LogP contribution in [0, 0.1) is 5.92 Å². The number of hydrogen-bond acceptors (Lipinski definition) is 3. The molecule has 2 unspecified atom stereocenters. The van der Waals surface area contributed by atoms with Gasteiger partial charge in [0, 0.05) is 19.7 Å². The van der Waals surface area contributed by atoms with Crippen molar-refractivity contribution in [2.75, 3.05) is 26.2 Å². The van der Waals surface area contributed by atoms with Gasteiger partial charge in [-0.25, -0.2) is 0 Å². The first-order valence-electron chi connectivity index (χ1n) is 5.85. The first-order valence-corrected chi connectivity index (χ1v) is 5.85.